The van der Waals surface area contributed by atoms with E-state index in [9.17, 15) is 14.7 Å². The fourth-order valence-corrected chi connectivity index (χ4v) is 3.41. The molecule has 0 bridgehead atoms. The van der Waals surface area contributed by atoms with Crippen molar-refractivity contribution in [2.45, 2.75) is 64.5 Å². The van der Waals surface area contributed by atoms with Crippen LogP contribution in [0.3, 0.4) is 0 Å². The van der Waals surface area contributed by atoms with Gasteiger partial charge in [-0.3, -0.25) is 0 Å². The molecule has 0 aromatic carbocycles. The molecule has 0 radical (unpaired) electrons. The number of hydrogen-bond acceptors (Lipinski definition) is 2. The Balaban J connectivity index is 2.19. The zero-order valence-electron chi connectivity index (χ0n) is 12.8. The van der Waals surface area contributed by atoms with Gasteiger partial charge >= 0.3 is 12.0 Å². The van der Waals surface area contributed by atoms with Crippen LogP contribution in [0.5, 0.6) is 0 Å². The number of amides is 2. The minimum atomic E-state index is -1.05. The predicted molar refractivity (Wildman–Crippen MR) is 76.6 cm³/mol. The second-order valence-electron chi connectivity index (χ2n) is 6.52. The quantitative estimate of drug-likeness (QED) is 0.804. The van der Waals surface area contributed by atoms with Crippen LogP contribution in [0.1, 0.15) is 52.9 Å². The van der Waals surface area contributed by atoms with Crippen molar-refractivity contribution in [2.75, 3.05) is 13.1 Å². The van der Waals surface area contributed by atoms with Crippen molar-refractivity contribution < 1.29 is 14.7 Å². The monoisotopic (exact) mass is 282 g/mol. The van der Waals surface area contributed by atoms with Crippen molar-refractivity contribution in [3.05, 3.63) is 0 Å². The van der Waals surface area contributed by atoms with Crippen molar-refractivity contribution in [3.63, 3.8) is 0 Å². The molecule has 0 saturated carbocycles. The van der Waals surface area contributed by atoms with Crippen molar-refractivity contribution in [1.29, 1.82) is 0 Å². The van der Waals surface area contributed by atoms with E-state index in [1.807, 2.05) is 4.90 Å². The van der Waals surface area contributed by atoms with Gasteiger partial charge in [-0.15, -0.1) is 0 Å². The minimum Gasteiger partial charge on any atom is -0.480 e. The average Bonchev–Trinajstić information content (AvgIpc) is 2.41. The Kier molecular flexibility index (Phi) is 4.25. The highest BCUT2D eigenvalue weighted by atomic mass is 16.4. The van der Waals surface area contributed by atoms with Crippen LogP contribution < -0.4 is 0 Å². The molecule has 2 fully saturated rings. The first kappa shape index (κ1) is 15.1. The Morgan fingerprint density at radius 1 is 1.15 bits per heavy atom. The molecule has 2 amide bonds. The molecule has 2 aliphatic rings. The molecule has 3 unspecified atom stereocenters. The standard InChI is InChI=1S/C15H26N2O3/c1-11-7-6-9-16(12(11)2)14(20)17-10-5-4-8-15(17,3)13(18)19/h11-12H,4-10H2,1-3H3,(H,18,19). The van der Waals surface area contributed by atoms with Gasteiger partial charge in [0.1, 0.15) is 5.54 Å². The summed E-state index contributed by atoms with van der Waals surface area (Å²) in [6, 6.07) is 0.102. The van der Waals surface area contributed by atoms with Crippen LogP contribution in [0.15, 0.2) is 0 Å². The maximum atomic E-state index is 12.8. The molecule has 20 heavy (non-hydrogen) atoms. The number of piperidine rings is 2. The molecule has 5 nitrogen and oxygen atoms in total. The number of hydrogen-bond donors (Lipinski definition) is 1. The molecule has 0 aromatic heterocycles. The van der Waals surface area contributed by atoms with Gasteiger partial charge in [0, 0.05) is 19.1 Å². The molecule has 2 rings (SSSR count). The van der Waals surface area contributed by atoms with Crippen molar-refractivity contribution in [3.8, 4) is 0 Å². The summed E-state index contributed by atoms with van der Waals surface area (Å²) < 4.78 is 0. The van der Waals surface area contributed by atoms with Gasteiger partial charge in [-0.25, -0.2) is 9.59 Å². The first-order valence-corrected chi connectivity index (χ1v) is 7.69. The Morgan fingerprint density at radius 3 is 2.50 bits per heavy atom. The van der Waals surface area contributed by atoms with E-state index in [2.05, 4.69) is 13.8 Å². The van der Waals surface area contributed by atoms with Crippen LogP contribution in [0, 0.1) is 5.92 Å². The molecule has 0 aliphatic carbocycles. The number of rotatable bonds is 1. The van der Waals surface area contributed by atoms with Crippen LogP contribution >= 0.6 is 0 Å². The third-order valence-electron chi connectivity index (χ3n) is 5.20. The third-order valence-corrected chi connectivity index (χ3v) is 5.20. The minimum absolute atomic E-state index is 0.0892. The molecule has 2 heterocycles. The van der Waals surface area contributed by atoms with E-state index in [1.165, 1.54) is 0 Å². The number of urea groups is 1. The average molecular weight is 282 g/mol. The Labute approximate surface area is 120 Å². The maximum Gasteiger partial charge on any atom is 0.329 e. The van der Waals surface area contributed by atoms with E-state index in [1.54, 1.807) is 11.8 Å². The molecule has 2 aliphatic heterocycles. The van der Waals surface area contributed by atoms with Crippen molar-refractivity contribution in [2.24, 2.45) is 5.92 Å². The summed E-state index contributed by atoms with van der Waals surface area (Å²) in [5, 5.41) is 9.52. The van der Waals surface area contributed by atoms with Gasteiger partial charge in [-0.2, -0.15) is 0 Å². The van der Waals surface area contributed by atoms with Crippen molar-refractivity contribution >= 4 is 12.0 Å². The summed E-state index contributed by atoms with van der Waals surface area (Å²) in [7, 11) is 0. The van der Waals surface area contributed by atoms with Gasteiger partial charge < -0.3 is 14.9 Å². The molecule has 0 aromatic rings. The van der Waals surface area contributed by atoms with Crippen molar-refractivity contribution in [1.82, 2.24) is 9.80 Å². The normalized spacial score (nSPS) is 35.0. The number of carboxylic acid groups (broad SMARTS) is 1. The lowest BCUT2D eigenvalue weighted by molar-refractivity contribution is -0.151. The SMILES string of the molecule is CC1CCCN(C(=O)N2CCCCC2(C)C(=O)O)C1C. The zero-order valence-corrected chi connectivity index (χ0v) is 12.8. The van der Waals surface area contributed by atoms with Gasteiger partial charge in [-0.05, 0) is 51.9 Å². The fraction of sp³-hybridized carbons (Fsp3) is 0.867. The summed E-state index contributed by atoms with van der Waals surface area (Å²) in [6.45, 7) is 7.22. The lowest BCUT2D eigenvalue weighted by Gasteiger charge is -2.47. The Morgan fingerprint density at radius 2 is 1.85 bits per heavy atom. The maximum absolute atomic E-state index is 12.8. The topological polar surface area (TPSA) is 60.9 Å². The van der Waals surface area contributed by atoms with E-state index >= 15 is 0 Å². The van der Waals surface area contributed by atoms with Gasteiger partial charge in [0.25, 0.3) is 0 Å². The van der Waals surface area contributed by atoms with E-state index in [4.69, 9.17) is 0 Å². The van der Waals surface area contributed by atoms with Gasteiger partial charge in [-0.1, -0.05) is 6.92 Å². The Bertz CT molecular complexity index is 399. The second-order valence-corrected chi connectivity index (χ2v) is 6.52. The molecule has 114 valence electrons. The second kappa shape index (κ2) is 5.62. The van der Waals surface area contributed by atoms with Gasteiger partial charge in [0.05, 0.1) is 0 Å². The lowest BCUT2D eigenvalue weighted by atomic mass is 9.88. The van der Waals surface area contributed by atoms with Crippen LogP contribution in [-0.4, -0.2) is 51.6 Å². The predicted octanol–water partition coefficient (Wildman–Crippen LogP) is 2.56. The van der Waals surface area contributed by atoms with Gasteiger partial charge in [0.15, 0.2) is 0 Å². The smallest absolute Gasteiger partial charge is 0.329 e. The summed E-state index contributed by atoms with van der Waals surface area (Å²) in [6.07, 6.45) is 4.47. The van der Waals surface area contributed by atoms with E-state index in [0.29, 0.717) is 18.9 Å². The number of carbonyl (C=O) groups excluding carboxylic acids is 1. The molecule has 2 saturated heterocycles. The summed E-state index contributed by atoms with van der Waals surface area (Å²) in [5.41, 5.74) is -1.05. The molecule has 5 heteroatoms. The number of carbonyl (C=O) groups is 2. The van der Waals surface area contributed by atoms with E-state index in [-0.39, 0.29) is 12.1 Å². The first-order chi connectivity index (χ1) is 9.38. The Hall–Kier alpha value is -1.26. The number of nitrogens with zero attached hydrogens (tertiary/aromatic N) is 2. The third kappa shape index (κ3) is 2.50. The first-order valence-electron chi connectivity index (χ1n) is 7.69. The summed E-state index contributed by atoms with van der Waals surface area (Å²) >= 11 is 0. The highest BCUT2D eigenvalue weighted by Gasteiger charge is 2.46. The number of carboxylic acids is 1. The van der Waals surface area contributed by atoms with Crippen LogP contribution in [0.25, 0.3) is 0 Å². The fourth-order valence-electron chi connectivity index (χ4n) is 3.41. The molecular formula is C15H26N2O3. The van der Waals surface area contributed by atoms with Crippen LogP contribution in [-0.2, 0) is 4.79 Å². The molecule has 0 spiro atoms. The lowest BCUT2D eigenvalue weighted by Crippen LogP contribution is -2.62. The van der Waals surface area contributed by atoms with Crippen LogP contribution in [0.4, 0.5) is 4.79 Å². The van der Waals surface area contributed by atoms with E-state index < -0.39 is 11.5 Å². The largest absolute Gasteiger partial charge is 0.480 e. The molecular weight excluding hydrogens is 256 g/mol. The van der Waals surface area contributed by atoms with E-state index in [0.717, 1.165) is 32.2 Å². The van der Waals surface area contributed by atoms with Crippen LogP contribution in [0.2, 0.25) is 0 Å². The zero-order chi connectivity index (χ0) is 14.9. The molecule has 1 N–H and O–H groups in total. The summed E-state index contributed by atoms with van der Waals surface area (Å²) in [5.74, 6) is -0.406. The highest BCUT2D eigenvalue weighted by Crippen LogP contribution is 2.32. The highest BCUT2D eigenvalue weighted by molar-refractivity contribution is 5.86. The number of likely N-dealkylation sites (tertiary alicyclic amines) is 2. The summed E-state index contributed by atoms with van der Waals surface area (Å²) in [4.78, 5) is 27.9. The number of aliphatic carboxylic acids is 1. The van der Waals surface area contributed by atoms with Gasteiger partial charge in [0.2, 0.25) is 0 Å². The molecule has 3 atom stereocenters.